The number of halogens is 2. The van der Waals surface area contributed by atoms with Gasteiger partial charge in [-0.25, -0.2) is 0 Å². The summed E-state index contributed by atoms with van der Waals surface area (Å²) in [6.07, 6.45) is 0. The zero-order valence-electron chi connectivity index (χ0n) is 2.20. The van der Waals surface area contributed by atoms with E-state index in [2.05, 4.69) is 11.9 Å². The van der Waals surface area contributed by atoms with Gasteiger partial charge < -0.3 is 17.0 Å². The maximum Gasteiger partial charge on any atom is 1.00 e. The fourth-order valence-electron chi connectivity index (χ4n) is 0. The minimum atomic E-state index is 0. The van der Waals surface area contributed by atoms with E-state index in [9.17, 15) is 0 Å². The fourth-order valence-corrected chi connectivity index (χ4v) is 0. The van der Waals surface area contributed by atoms with Crippen LogP contribution in [-0.2, 0) is 0 Å². The van der Waals surface area contributed by atoms with Gasteiger partial charge in [-0.3, -0.25) is 4.66 Å². The Morgan fingerprint density at radius 1 is 1.25 bits per heavy atom. The molecule has 1 nitrogen and oxygen atoms in total. The normalized spacial score (nSPS) is 1.50. The summed E-state index contributed by atoms with van der Waals surface area (Å²) >= 11 is 3.64. The Bertz CT molecular complexity index is 8.00. The average molecular weight is 171 g/mol. The number of hydrogen-bond acceptors (Lipinski definition) is 1. The van der Waals surface area contributed by atoms with Crippen LogP contribution >= 0.6 is 11.9 Å². The zero-order chi connectivity index (χ0) is 2.00. The number of rotatable bonds is 0. The molecular formula is HBrClKO. The van der Waals surface area contributed by atoms with Crippen molar-refractivity contribution in [3.05, 3.63) is 0 Å². The predicted octanol–water partition coefficient (Wildman–Crippen LogP) is -5.86. The minimum Gasteiger partial charge on any atom is -1.00 e. The molecule has 0 aromatic rings. The van der Waals surface area contributed by atoms with Crippen molar-refractivity contribution >= 4 is 11.9 Å². The molecule has 0 fully saturated rings. The van der Waals surface area contributed by atoms with Gasteiger partial charge in [-0.1, -0.05) is 0 Å². The summed E-state index contributed by atoms with van der Waals surface area (Å²) in [6.45, 7) is 0. The minimum absolute atomic E-state index is 0. The summed E-state index contributed by atoms with van der Waals surface area (Å²) in [7, 11) is 0. The molecule has 0 aliphatic heterocycles. The standard InChI is InChI=1S/BrH.ClHO.K/c;1-2;/h1H;2H;/q;;+1/p-1. The van der Waals surface area contributed by atoms with E-state index >= 15 is 0 Å². The first-order valence-corrected chi connectivity index (χ1v) is 0.507. The summed E-state index contributed by atoms with van der Waals surface area (Å²) in [5.74, 6) is 0. The van der Waals surface area contributed by atoms with Crippen molar-refractivity contribution < 1.29 is 73.0 Å². The summed E-state index contributed by atoms with van der Waals surface area (Å²) < 4.78 is 6.47. The molecule has 22 valence electrons. The maximum atomic E-state index is 6.47. The van der Waals surface area contributed by atoms with E-state index in [1.165, 1.54) is 0 Å². The van der Waals surface area contributed by atoms with Gasteiger partial charge in [0.1, 0.15) is 0 Å². The van der Waals surface area contributed by atoms with Gasteiger partial charge in [-0.15, -0.1) is 0 Å². The molecule has 4 heteroatoms. The summed E-state index contributed by atoms with van der Waals surface area (Å²) in [4.78, 5) is 0. The second kappa shape index (κ2) is 18.3. The van der Waals surface area contributed by atoms with Crippen LogP contribution in [0.25, 0.3) is 0 Å². The summed E-state index contributed by atoms with van der Waals surface area (Å²) in [6, 6.07) is 0. The van der Waals surface area contributed by atoms with Crippen LogP contribution in [0.4, 0.5) is 0 Å². The molecule has 0 rings (SSSR count). The van der Waals surface area contributed by atoms with Crippen LogP contribution in [0.3, 0.4) is 0 Å². The smallest absolute Gasteiger partial charge is 1.00 e. The first-order valence-electron chi connectivity index (χ1n) is 0.169. The van der Waals surface area contributed by atoms with Gasteiger partial charge in [0.2, 0.25) is 0 Å². The van der Waals surface area contributed by atoms with E-state index in [1.807, 2.05) is 0 Å². The van der Waals surface area contributed by atoms with Crippen molar-refractivity contribution in [2.75, 3.05) is 0 Å². The number of hydrogen-bond donors (Lipinski definition) is 1. The predicted molar refractivity (Wildman–Crippen MR) is 8.07 cm³/mol. The molecule has 0 radical (unpaired) electrons. The zero-order valence-corrected chi connectivity index (χ0v) is 7.67. The molecule has 1 N–H and O–H groups in total. The molecule has 0 unspecified atom stereocenters. The van der Waals surface area contributed by atoms with E-state index in [4.69, 9.17) is 4.66 Å². The van der Waals surface area contributed by atoms with Crippen molar-refractivity contribution in [2.24, 2.45) is 0 Å². The Morgan fingerprint density at radius 3 is 1.25 bits per heavy atom. The van der Waals surface area contributed by atoms with Gasteiger partial charge in [0.25, 0.3) is 0 Å². The van der Waals surface area contributed by atoms with Crippen molar-refractivity contribution in [1.29, 1.82) is 0 Å². The van der Waals surface area contributed by atoms with Crippen LogP contribution in [0.2, 0.25) is 0 Å². The molecule has 0 spiro atoms. The first kappa shape index (κ1) is 16.2. The quantitative estimate of drug-likeness (QED) is 0.360. The largest absolute Gasteiger partial charge is 1.00 e. The van der Waals surface area contributed by atoms with Gasteiger partial charge in [-0.05, 0) is 0 Å². The molecule has 0 aromatic heterocycles. The van der Waals surface area contributed by atoms with Crippen molar-refractivity contribution in [3.63, 3.8) is 0 Å². The molecule has 0 saturated heterocycles. The van der Waals surface area contributed by atoms with E-state index in [1.54, 1.807) is 0 Å². The third kappa shape index (κ3) is 8.84. The van der Waals surface area contributed by atoms with Crippen LogP contribution in [0.5, 0.6) is 0 Å². The second-order valence-electron chi connectivity index (χ2n) is 0. The Kier molecular flexibility index (Phi) is 73.9. The third-order valence-corrected chi connectivity index (χ3v) is 0. The maximum absolute atomic E-state index is 6.47. The summed E-state index contributed by atoms with van der Waals surface area (Å²) in [5.41, 5.74) is 0. The molecule has 0 aliphatic rings. The molecular weight excluding hydrogens is 170 g/mol. The molecule has 0 amide bonds. The van der Waals surface area contributed by atoms with E-state index in [-0.39, 0.29) is 68.4 Å². The molecule has 0 aromatic carbocycles. The van der Waals surface area contributed by atoms with Crippen LogP contribution in [-0.4, -0.2) is 4.66 Å². The topological polar surface area (TPSA) is 20.2 Å². The molecule has 0 aliphatic carbocycles. The fraction of sp³-hybridized carbons (Fsp3) is 0. The van der Waals surface area contributed by atoms with Gasteiger partial charge in [0, 0.05) is 0 Å². The van der Waals surface area contributed by atoms with Crippen molar-refractivity contribution in [1.82, 2.24) is 0 Å². The Labute approximate surface area is 83.1 Å². The second-order valence-corrected chi connectivity index (χ2v) is 0. The van der Waals surface area contributed by atoms with Gasteiger partial charge in [0.15, 0.2) is 0 Å². The monoisotopic (exact) mass is 170 g/mol. The van der Waals surface area contributed by atoms with Crippen LogP contribution in [0, 0.1) is 0 Å². The van der Waals surface area contributed by atoms with Crippen molar-refractivity contribution in [3.8, 4) is 0 Å². The van der Waals surface area contributed by atoms with Crippen LogP contribution < -0.4 is 68.4 Å². The molecule has 0 bridgehead atoms. The Hall–Kier alpha value is 2.37. The van der Waals surface area contributed by atoms with E-state index < -0.39 is 0 Å². The molecule has 0 heterocycles. The van der Waals surface area contributed by atoms with E-state index in [0.29, 0.717) is 0 Å². The molecule has 0 saturated carbocycles. The third-order valence-electron chi connectivity index (χ3n) is 0. The van der Waals surface area contributed by atoms with Crippen molar-refractivity contribution in [2.45, 2.75) is 0 Å². The van der Waals surface area contributed by atoms with E-state index in [0.717, 1.165) is 0 Å². The Balaban J connectivity index is -0.00000000500. The van der Waals surface area contributed by atoms with Gasteiger partial charge in [-0.2, -0.15) is 0 Å². The molecule has 0 atom stereocenters. The van der Waals surface area contributed by atoms with Crippen LogP contribution in [0.15, 0.2) is 0 Å². The summed E-state index contributed by atoms with van der Waals surface area (Å²) in [5, 5.41) is 0. The average Bonchev–Trinajstić information content (AvgIpc) is 1.00. The van der Waals surface area contributed by atoms with Crippen LogP contribution in [0.1, 0.15) is 0 Å². The Morgan fingerprint density at radius 2 is 1.25 bits per heavy atom. The first-order chi connectivity index (χ1) is 1.00. The molecule has 4 heavy (non-hydrogen) atoms. The van der Waals surface area contributed by atoms with Gasteiger partial charge in [0.05, 0.1) is 11.9 Å². The SMILES string of the molecule is OCl.[Br-].[K+]. The van der Waals surface area contributed by atoms with Gasteiger partial charge >= 0.3 is 51.4 Å².